The van der Waals surface area contributed by atoms with E-state index < -0.39 is 0 Å². The molecule has 1 fully saturated rings. The van der Waals surface area contributed by atoms with Crippen molar-refractivity contribution in [2.24, 2.45) is 17.8 Å². The lowest BCUT2D eigenvalue weighted by atomic mass is 9.72. The van der Waals surface area contributed by atoms with E-state index in [0.29, 0.717) is 0 Å². The van der Waals surface area contributed by atoms with Crippen molar-refractivity contribution in [1.29, 1.82) is 0 Å². The second-order valence-electron chi connectivity index (χ2n) is 10.7. The van der Waals surface area contributed by atoms with Gasteiger partial charge in [-0.3, -0.25) is 0 Å². The molecule has 1 saturated carbocycles. The predicted molar refractivity (Wildman–Crippen MR) is 145 cm³/mol. The Morgan fingerprint density at radius 2 is 1.42 bits per heavy atom. The summed E-state index contributed by atoms with van der Waals surface area (Å²) in [5, 5.41) is 0. The first-order valence-corrected chi connectivity index (χ1v) is 14.4. The largest absolute Gasteiger partial charge is 0.494 e. The zero-order valence-electron chi connectivity index (χ0n) is 21.7. The van der Waals surface area contributed by atoms with Crippen LogP contribution in [0.4, 0.5) is 0 Å². The second kappa shape index (κ2) is 15.4. The van der Waals surface area contributed by atoms with Gasteiger partial charge in [0.25, 0.3) is 0 Å². The first kappa shape index (κ1) is 26.1. The van der Waals surface area contributed by atoms with Crippen molar-refractivity contribution < 1.29 is 4.74 Å². The SMILES string of the molecule is CCCCCCCCCC[C@H]1CC[C@H](C2C=CC(c3ccc(OCCCC)cc3)=CC2)CC1. The van der Waals surface area contributed by atoms with Crippen LogP contribution in [0.3, 0.4) is 0 Å². The molecular weight excluding hydrogens is 400 g/mol. The van der Waals surface area contributed by atoms with Gasteiger partial charge in [0.1, 0.15) is 5.75 Å². The lowest BCUT2D eigenvalue weighted by Gasteiger charge is -2.33. The summed E-state index contributed by atoms with van der Waals surface area (Å²) in [4.78, 5) is 0. The third kappa shape index (κ3) is 9.34. The Morgan fingerprint density at radius 3 is 2.06 bits per heavy atom. The van der Waals surface area contributed by atoms with Crippen molar-refractivity contribution in [2.45, 2.75) is 117 Å². The summed E-state index contributed by atoms with van der Waals surface area (Å²) in [6.07, 6.45) is 29.8. The van der Waals surface area contributed by atoms with Crippen molar-refractivity contribution >= 4 is 5.57 Å². The Hall–Kier alpha value is -1.50. The maximum atomic E-state index is 5.81. The Kier molecular flexibility index (Phi) is 12.2. The molecule has 0 N–H and O–H groups in total. The molecule has 1 heteroatoms. The van der Waals surface area contributed by atoms with Crippen LogP contribution in [0, 0.1) is 17.8 Å². The van der Waals surface area contributed by atoms with Crippen molar-refractivity contribution in [3.63, 3.8) is 0 Å². The zero-order valence-corrected chi connectivity index (χ0v) is 21.7. The fourth-order valence-electron chi connectivity index (χ4n) is 5.75. The normalized spacial score (nSPS) is 22.8. The fraction of sp³-hybridized carbons (Fsp3) is 0.688. The Morgan fingerprint density at radius 1 is 0.758 bits per heavy atom. The van der Waals surface area contributed by atoms with Crippen LogP contribution in [0.1, 0.15) is 122 Å². The van der Waals surface area contributed by atoms with Crippen LogP contribution in [0.25, 0.3) is 5.57 Å². The van der Waals surface area contributed by atoms with Crippen LogP contribution in [0.15, 0.2) is 42.5 Å². The van der Waals surface area contributed by atoms with Gasteiger partial charge in [0.05, 0.1) is 6.61 Å². The molecule has 1 nitrogen and oxygen atoms in total. The molecule has 2 aliphatic carbocycles. The average Bonchev–Trinajstić information content (AvgIpc) is 2.87. The maximum absolute atomic E-state index is 5.81. The number of unbranched alkanes of at least 4 members (excludes halogenated alkanes) is 8. The van der Waals surface area contributed by atoms with Gasteiger partial charge in [-0.1, -0.05) is 121 Å². The topological polar surface area (TPSA) is 9.23 Å². The molecule has 0 aromatic heterocycles. The van der Waals surface area contributed by atoms with Gasteiger partial charge in [0.15, 0.2) is 0 Å². The highest BCUT2D eigenvalue weighted by Gasteiger charge is 2.26. The molecular formula is C32H50O. The molecule has 33 heavy (non-hydrogen) atoms. The molecule has 3 rings (SSSR count). The van der Waals surface area contributed by atoms with Gasteiger partial charge >= 0.3 is 0 Å². The van der Waals surface area contributed by atoms with Crippen LogP contribution < -0.4 is 4.74 Å². The van der Waals surface area contributed by atoms with Crippen molar-refractivity contribution in [1.82, 2.24) is 0 Å². The number of rotatable bonds is 15. The number of hydrogen-bond acceptors (Lipinski definition) is 1. The van der Waals surface area contributed by atoms with E-state index in [0.717, 1.165) is 36.5 Å². The van der Waals surface area contributed by atoms with E-state index in [1.54, 1.807) is 0 Å². The lowest BCUT2D eigenvalue weighted by molar-refractivity contribution is 0.218. The first-order chi connectivity index (χ1) is 16.3. The molecule has 0 bridgehead atoms. The van der Waals surface area contributed by atoms with Gasteiger partial charge < -0.3 is 4.74 Å². The number of benzene rings is 1. The second-order valence-corrected chi connectivity index (χ2v) is 10.7. The zero-order chi connectivity index (χ0) is 23.1. The van der Waals surface area contributed by atoms with Gasteiger partial charge in [-0.25, -0.2) is 0 Å². The molecule has 0 heterocycles. The molecule has 1 unspecified atom stereocenters. The van der Waals surface area contributed by atoms with Gasteiger partial charge in [-0.05, 0) is 66.7 Å². The molecule has 1 aromatic rings. The van der Waals surface area contributed by atoms with E-state index >= 15 is 0 Å². The van der Waals surface area contributed by atoms with Gasteiger partial charge in [-0.2, -0.15) is 0 Å². The van der Waals surface area contributed by atoms with E-state index in [-0.39, 0.29) is 0 Å². The summed E-state index contributed by atoms with van der Waals surface area (Å²) in [7, 11) is 0. The van der Waals surface area contributed by atoms with E-state index in [4.69, 9.17) is 4.74 Å². The van der Waals surface area contributed by atoms with Crippen molar-refractivity contribution in [2.75, 3.05) is 6.61 Å². The monoisotopic (exact) mass is 450 g/mol. The Balaban J connectivity index is 1.30. The molecule has 184 valence electrons. The summed E-state index contributed by atoms with van der Waals surface area (Å²) < 4.78 is 5.81. The van der Waals surface area contributed by atoms with Crippen LogP contribution in [-0.4, -0.2) is 6.61 Å². The minimum atomic E-state index is 0.759. The highest BCUT2D eigenvalue weighted by molar-refractivity contribution is 5.75. The third-order valence-electron chi connectivity index (χ3n) is 8.05. The summed E-state index contributed by atoms with van der Waals surface area (Å²) in [5.41, 5.74) is 2.70. The highest BCUT2D eigenvalue weighted by Crippen LogP contribution is 2.39. The van der Waals surface area contributed by atoms with Gasteiger partial charge in [-0.15, -0.1) is 0 Å². The van der Waals surface area contributed by atoms with Crippen LogP contribution >= 0.6 is 0 Å². The van der Waals surface area contributed by atoms with Crippen LogP contribution in [-0.2, 0) is 0 Å². The maximum Gasteiger partial charge on any atom is 0.119 e. The van der Waals surface area contributed by atoms with Gasteiger partial charge in [0, 0.05) is 0 Å². The molecule has 0 amide bonds. The minimum Gasteiger partial charge on any atom is -0.494 e. The summed E-state index contributed by atoms with van der Waals surface area (Å²) in [6.45, 7) is 5.32. The smallest absolute Gasteiger partial charge is 0.119 e. The summed E-state index contributed by atoms with van der Waals surface area (Å²) in [6, 6.07) is 8.68. The van der Waals surface area contributed by atoms with E-state index in [1.165, 1.54) is 107 Å². The Bertz CT molecular complexity index is 690. The Labute approximate surface area is 205 Å². The van der Waals surface area contributed by atoms with E-state index in [9.17, 15) is 0 Å². The average molecular weight is 451 g/mol. The molecule has 0 saturated heterocycles. The summed E-state index contributed by atoms with van der Waals surface area (Å²) in [5.74, 6) is 3.67. The molecule has 1 aromatic carbocycles. The molecule has 1 atom stereocenters. The van der Waals surface area contributed by atoms with Crippen LogP contribution in [0.5, 0.6) is 5.75 Å². The van der Waals surface area contributed by atoms with Gasteiger partial charge in [0.2, 0.25) is 0 Å². The first-order valence-electron chi connectivity index (χ1n) is 14.4. The van der Waals surface area contributed by atoms with Crippen molar-refractivity contribution in [3.05, 3.63) is 48.1 Å². The van der Waals surface area contributed by atoms with Crippen LogP contribution in [0.2, 0.25) is 0 Å². The number of ether oxygens (including phenoxy) is 1. The third-order valence-corrected chi connectivity index (χ3v) is 8.05. The highest BCUT2D eigenvalue weighted by atomic mass is 16.5. The minimum absolute atomic E-state index is 0.759. The molecule has 2 aliphatic rings. The quantitative estimate of drug-likeness (QED) is 0.241. The van der Waals surface area contributed by atoms with E-state index in [2.05, 4.69) is 56.3 Å². The van der Waals surface area contributed by atoms with E-state index in [1.807, 2.05) is 0 Å². The number of allylic oxidation sites excluding steroid dienone is 4. The standard InChI is InChI=1S/C32H50O/c1-3-5-7-8-9-10-11-12-13-27-14-16-28(17-15-27)29-18-20-30(21-19-29)31-22-24-32(25-23-31)33-26-6-4-2/h18,20-25,27-29H,3-17,19,26H2,1-2H3/t27-,28-,29?. The molecule has 0 radical (unpaired) electrons. The lowest BCUT2D eigenvalue weighted by Crippen LogP contribution is -2.21. The van der Waals surface area contributed by atoms with Crippen molar-refractivity contribution in [3.8, 4) is 5.75 Å². The number of hydrogen-bond donors (Lipinski definition) is 0. The molecule has 0 aliphatic heterocycles. The molecule has 0 spiro atoms. The predicted octanol–water partition coefficient (Wildman–Crippen LogP) is 10.2. The summed E-state index contributed by atoms with van der Waals surface area (Å²) >= 11 is 0. The fourth-order valence-corrected chi connectivity index (χ4v) is 5.75.